The molecule has 0 spiro atoms. The molecule has 1 heterocycles. The molecule has 2 rings (SSSR count). The largest absolute Gasteiger partial charge is 0.494 e. The fourth-order valence-corrected chi connectivity index (χ4v) is 1.83. The molecule has 100 valence electrons. The van der Waals surface area contributed by atoms with Crippen LogP contribution in [0.15, 0.2) is 30.3 Å². The number of benzene rings is 1. The third-order valence-corrected chi connectivity index (χ3v) is 2.74. The predicted octanol–water partition coefficient (Wildman–Crippen LogP) is 2.87. The van der Waals surface area contributed by atoms with Gasteiger partial charge in [0.2, 0.25) is 0 Å². The van der Waals surface area contributed by atoms with E-state index in [1.165, 1.54) is 0 Å². The van der Waals surface area contributed by atoms with Crippen LogP contribution in [0.2, 0.25) is 0 Å². The minimum absolute atomic E-state index is 0.165. The van der Waals surface area contributed by atoms with Gasteiger partial charge in [0.1, 0.15) is 11.6 Å². The topological polar surface area (TPSA) is 61.0 Å². The molecule has 0 aliphatic carbocycles. The van der Waals surface area contributed by atoms with Gasteiger partial charge in [0.25, 0.3) is 0 Å². The molecule has 1 atom stereocenters. The summed E-state index contributed by atoms with van der Waals surface area (Å²) in [6.45, 7) is 6.47. The van der Waals surface area contributed by atoms with Gasteiger partial charge in [-0.25, -0.2) is 9.97 Å². The van der Waals surface area contributed by atoms with Crippen molar-refractivity contribution in [3.63, 3.8) is 0 Å². The first kappa shape index (κ1) is 13.5. The molecule has 2 N–H and O–H groups in total. The predicted molar refractivity (Wildman–Crippen MR) is 76.0 cm³/mol. The number of hydrogen-bond donors (Lipinski definition) is 1. The summed E-state index contributed by atoms with van der Waals surface area (Å²) >= 11 is 0. The second-order valence-corrected chi connectivity index (χ2v) is 4.50. The molecular formula is C15H19N3O. The van der Waals surface area contributed by atoms with Crippen molar-refractivity contribution in [2.24, 2.45) is 5.73 Å². The van der Waals surface area contributed by atoms with E-state index in [2.05, 4.69) is 9.97 Å². The van der Waals surface area contributed by atoms with Gasteiger partial charge in [-0.2, -0.15) is 0 Å². The summed E-state index contributed by atoms with van der Waals surface area (Å²) < 4.78 is 5.43. The van der Waals surface area contributed by atoms with Gasteiger partial charge in [0, 0.05) is 11.3 Å². The number of rotatable bonds is 4. The van der Waals surface area contributed by atoms with Gasteiger partial charge in [-0.05, 0) is 51.1 Å². The maximum Gasteiger partial charge on any atom is 0.145 e. The van der Waals surface area contributed by atoms with Crippen LogP contribution in [0, 0.1) is 6.92 Å². The first-order valence-corrected chi connectivity index (χ1v) is 6.44. The van der Waals surface area contributed by atoms with Crippen LogP contribution in [-0.2, 0) is 0 Å². The van der Waals surface area contributed by atoms with Crippen LogP contribution in [0.1, 0.15) is 31.4 Å². The Morgan fingerprint density at radius 2 is 1.89 bits per heavy atom. The molecule has 4 heteroatoms. The van der Waals surface area contributed by atoms with Gasteiger partial charge in [0.15, 0.2) is 0 Å². The Bertz CT molecular complexity index is 550. The number of nitrogens with zero attached hydrogens (tertiary/aromatic N) is 2. The van der Waals surface area contributed by atoms with E-state index in [1.807, 2.05) is 51.1 Å². The maximum atomic E-state index is 5.85. The summed E-state index contributed by atoms with van der Waals surface area (Å²) in [5, 5.41) is 0. The lowest BCUT2D eigenvalue weighted by molar-refractivity contribution is 0.340. The Hall–Kier alpha value is -1.94. The van der Waals surface area contributed by atoms with Gasteiger partial charge in [-0.1, -0.05) is 0 Å². The minimum atomic E-state index is -0.165. The van der Waals surface area contributed by atoms with Crippen molar-refractivity contribution in [1.82, 2.24) is 9.97 Å². The molecule has 19 heavy (non-hydrogen) atoms. The van der Waals surface area contributed by atoms with Crippen molar-refractivity contribution in [1.29, 1.82) is 0 Å². The Balaban J connectivity index is 2.35. The first-order valence-electron chi connectivity index (χ1n) is 6.44. The van der Waals surface area contributed by atoms with Crippen LogP contribution in [0.5, 0.6) is 5.75 Å². The minimum Gasteiger partial charge on any atom is -0.494 e. The van der Waals surface area contributed by atoms with Crippen LogP contribution in [0.25, 0.3) is 11.3 Å². The first-order chi connectivity index (χ1) is 9.10. The zero-order valence-electron chi connectivity index (χ0n) is 11.6. The zero-order valence-corrected chi connectivity index (χ0v) is 11.6. The summed E-state index contributed by atoms with van der Waals surface area (Å²) in [5.74, 6) is 1.54. The number of nitrogens with two attached hydrogens (primary N) is 1. The summed E-state index contributed by atoms with van der Waals surface area (Å²) in [5.41, 5.74) is 8.70. The lowest BCUT2D eigenvalue weighted by Gasteiger charge is -2.09. The fraction of sp³-hybridized carbons (Fsp3) is 0.333. The normalized spacial score (nSPS) is 12.2. The summed E-state index contributed by atoms with van der Waals surface area (Å²) in [7, 11) is 0. The SMILES string of the molecule is CCOc1ccc(-c2cc(C)nc(C(C)N)n2)cc1. The van der Waals surface area contributed by atoms with E-state index in [1.54, 1.807) is 0 Å². The quantitative estimate of drug-likeness (QED) is 0.914. The standard InChI is InChI=1S/C15H19N3O/c1-4-19-13-7-5-12(6-8-13)14-9-10(2)17-15(18-14)11(3)16/h5-9,11H,4,16H2,1-3H3. The molecule has 0 fully saturated rings. The highest BCUT2D eigenvalue weighted by Gasteiger charge is 2.08. The van der Waals surface area contributed by atoms with E-state index in [0.717, 1.165) is 22.7 Å². The third-order valence-electron chi connectivity index (χ3n) is 2.74. The highest BCUT2D eigenvalue weighted by molar-refractivity contribution is 5.60. The molecule has 0 bridgehead atoms. The number of aromatic nitrogens is 2. The summed E-state index contributed by atoms with van der Waals surface area (Å²) in [4.78, 5) is 8.85. The van der Waals surface area contributed by atoms with E-state index < -0.39 is 0 Å². The zero-order chi connectivity index (χ0) is 13.8. The number of hydrogen-bond acceptors (Lipinski definition) is 4. The Kier molecular flexibility index (Phi) is 4.12. The van der Waals surface area contributed by atoms with Gasteiger partial charge in [-0.15, -0.1) is 0 Å². The van der Waals surface area contributed by atoms with Crippen molar-refractivity contribution in [2.45, 2.75) is 26.8 Å². The average Bonchev–Trinajstić information content (AvgIpc) is 2.39. The van der Waals surface area contributed by atoms with Gasteiger partial charge >= 0.3 is 0 Å². The summed E-state index contributed by atoms with van der Waals surface area (Å²) in [6.07, 6.45) is 0. The van der Waals surface area contributed by atoms with E-state index in [-0.39, 0.29) is 6.04 Å². The lowest BCUT2D eigenvalue weighted by Crippen LogP contribution is -2.11. The molecule has 0 radical (unpaired) electrons. The van der Waals surface area contributed by atoms with E-state index in [4.69, 9.17) is 10.5 Å². The molecule has 1 aromatic carbocycles. The molecule has 0 aliphatic rings. The number of ether oxygens (including phenoxy) is 1. The second kappa shape index (κ2) is 5.80. The van der Waals surface area contributed by atoms with Crippen molar-refractivity contribution >= 4 is 0 Å². The third kappa shape index (κ3) is 3.29. The van der Waals surface area contributed by atoms with Gasteiger partial charge < -0.3 is 10.5 Å². The molecular weight excluding hydrogens is 238 g/mol. The molecule has 2 aromatic rings. The van der Waals surface area contributed by atoms with Crippen LogP contribution in [0.3, 0.4) is 0 Å². The van der Waals surface area contributed by atoms with Crippen LogP contribution < -0.4 is 10.5 Å². The van der Waals surface area contributed by atoms with Gasteiger partial charge in [-0.3, -0.25) is 0 Å². The average molecular weight is 257 g/mol. The van der Waals surface area contributed by atoms with Gasteiger partial charge in [0.05, 0.1) is 18.3 Å². The smallest absolute Gasteiger partial charge is 0.145 e. The lowest BCUT2D eigenvalue weighted by atomic mass is 10.1. The van der Waals surface area contributed by atoms with Crippen molar-refractivity contribution in [3.05, 3.63) is 41.9 Å². The van der Waals surface area contributed by atoms with Crippen LogP contribution in [-0.4, -0.2) is 16.6 Å². The van der Waals surface area contributed by atoms with Crippen molar-refractivity contribution < 1.29 is 4.74 Å². The molecule has 0 saturated heterocycles. The molecule has 0 amide bonds. The van der Waals surface area contributed by atoms with E-state index in [0.29, 0.717) is 12.4 Å². The van der Waals surface area contributed by atoms with E-state index in [9.17, 15) is 0 Å². The maximum absolute atomic E-state index is 5.85. The van der Waals surface area contributed by atoms with Crippen LogP contribution in [0.4, 0.5) is 0 Å². The Morgan fingerprint density at radius 1 is 1.21 bits per heavy atom. The Labute approximate surface area is 113 Å². The molecule has 4 nitrogen and oxygen atoms in total. The summed E-state index contributed by atoms with van der Waals surface area (Å²) in [6, 6.07) is 9.68. The monoisotopic (exact) mass is 257 g/mol. The molecule has 1 aromatic heterocycles. The highest BCUT2D eigenvalue weighted by atomic mass is 16.5. The van der Waals surface area contributed by atoms with Crippen molar-refractivity contribution in [3.8, 4) is 17.0 Å². The Morgan fingerprint density at radius 3 is 2.47 bits per heavy atom. The molecule has 0 aliphatic heterocycles. The fourth-order valence-electron chi connectivity index (χ4n) is 1.83. The number of aryl methyl sites for hydroxylation is 1. The second-order valence-electron chi connectivity index (χ2n) is 4.50. The van der Waals surface area contributed by atoms with Crippen LogP contribution >= 0.6 is 0 Å². The molecule has 0 saturated carbocycles. The molecule has 1 unspecified atom stereocenters. The highest BCUT2D eigenvalue weighted by Crippen LogP contribution is 2.22. The van der Waals surface area contributed by atoms with Crippen molar-refractivity contribution in [2.75, 3.05) is 6.61 Å². The van der Waals surface area contributed by atoms with E-state index >= 15 is 0 Å².